The van der Waals surface area contributed by atoms with E-state index in [1.807, 2.05) is 51.1 Å². The molecule has 1 amide bonds. The number of ketones is 1. The van der Waals surface area contributed by atoms with Crippen LogP contribution in [0.4, 0.5) is 11.4 Å². The van der Waals surface area contributed by atoms with E-state index < -0.39 is 16.2 Å². The van der Waals surface area contributed by atoms with Gasteiger partial charge in [-0.1, -0.05) is 39.0 Å². The topological polar surface area (TPSA) is 79.8 Å². The lowest BCUT2D eigenvalue weighted by Crippen LogP contribution is -2.47. The van der Waals surface area contributed by atoms with E-state index in [4.69, 9.17) is 4.74 Å². The van der Waals surface area contributed by atoms with E-state index >= 15 is 0 Å². The summed E-state index contributed by atoms with van der Waals surface area (Å²) < 4.78 is 5.17. The molecule has 6 nitrogen and oxygen atoms in total. The number of Topliss-reactive ketones (excluding diaryl/α,β-unsaturated/α-hetero) is 1. The zero-order chi connectivity index (χ0) is 21.6. The normalized spacial score (nSPS) is 27.9. The molecule has 2 unspecified atom stereocenters. The van der Waals surface area contributed by atoms with Crippen molar-refractivity contribution >= 4 is 28.8 Å². The number of ether oxygens (including phenoxy) is 1. The molecule has 0 radical (unpaired) electrons. The number of hydrogen-bond acceptors (Lipinski definition) is 5. The summed E-state index contributed by atoms with van der Waals surface area (Å²) in [6, 6.07) is 16.6. The van der Waals surface area contributed by atoms with Gasteiger partial charge in [-0.15, -0.1) is 0 Å². The first-order chi connectivity index (χ1) is 14.3. The molecule has 2 aromatic carbocycles. The molecule has 2 bridgehead atoms. The second-order valence-electron chi connectivity index (χ2n) is 8.81. The van der Waals surface area contributed by atoms with Gasteiger partial charge in [-0.25, -0.2) is 0 Å². The lowest BCUT2D eigenvalue weighted by atomic mass is 9.64. The SMILES string of the molecule is COc1ccc(NC(=O)C23CCC(C)(/C(=N/Nc4ccccc4)C2=O)C3(C)C)cc1. The highest BCUT2D eigenvalue weighted by molar-refractivity contribution is 6.51. The van der Waals surface area contributed by atoms with Crippen LogP contribution in [0, 0.1) is 16.2 Å². The van der Waals surface area contributed by atoms with Gasteiger partial charge >= 0.3 is 0 Å². The van der Waals surface area contributed by atoms with Gasteiger partial charge in [0.15, 0.2) is 5.78 Å². The average Bonchev–Trinajstić information content (AvgIpc) is 3.03. The summed E-state index contributed by atoms with van der Waals surface area (Å²) in [5.41, 5.74) is 2.71. The number of anilines is 2. The Hall–Kier alpha value is -3.15. The van der Waals surface area contributed by atoms with E-state index in [9.17, 15) is 9.59 Å². The molecule has 156 valence electrons. The number of carbonyl (C=O) groups excluding carboxylic acids is 2. The minimum atomic E-state index is -1.14. The maximum absolute atomic E-state index is 13.6. The molecule has 4 rings (SSSR count). The van der Waals surface area contributed by atoms with Crippen molar-refractivity contribution in [2.24, 2.45) is 21.3 Å². The first kappa shape index (κ1) is 20.1. The van der Waals surface area contributed by atoms with Gasteiger partial charge < -0.3 is 10.1 Å². The molecule has 0 spiro atoms. The van der Waals surface area contributed by atoms with Gasteiger partial charge in [-0.3, -0.25) is 15.0 Å². The number of nitrogens with zero attached hydrogens (tertiary/aromatic N) is 1. The van der Waals surface area contributed by atoms with Crippen molar-refractivity contribution < 1.29 is 14.3 Å². The van der Waals surface area contributed by atoms with Gasteiger partial charge in [-0.2, -0.15) is 5.10 Å². The van der Waals surface area contributed by atoms with Gasteiger partial charge in [0.2, 0.25) is 5.91 Å². The van der Waals surface area contributed by atoms with Crippen LogP contribution in [0.15, 0.2) is 59.7 Å². The van der Waals surface area contributed by atoms with Gasteiger partial charge in [0.1, 0.15) is 16.9 Å². The summed E-state index contributed by atoms with van der Waals surface area (Å²) in [7, 11) is 1.59. The Morgan fingerprint density at radius 2 is 1.63 bits per heavy atom. The highest BCUT2D eigenvalue weighted by Gasteiger charge is 2.76. The molecule has 6 heteroatoms. The van der Waals surface area contributed by atoms with Gasteiger partial charge in [0.05, 0.1) is 12.8 Å². The Labute approximate surface area is 176 Å². The molecule has 2 aliphatic carbocycles. The van der Waals surface area contributed by atoms with Crippen molar-refractivity contribution in [2.75, 3.05) is 17.9 Å². The minimum Gasteiger partial charge on any atom is -0.497 e. The number of hydrogen-bond donors (Lipinski definition) is 2. The van der Waals surface area contributed by atoms with E-state index in [0.29, 0.717) is 23.6 Å². The fourth-order valence-corrected chi connectivity index (χ4v) is 5.02. The molecule has 0 saturated heterocycles. The van der Waals surface area contributed by atoms with Crippen LogP contribution in [0.1, 0.15) is 33.6 Å². The van der Waals surface area contributed by atoms with Crippen molar-refractivity contribution in [3.8, 4) is 5.75 Å². The summed E-state index contributed by atoms with van der Waals surface area (Å²) in [4.78, 5) is 27.1. The molecule has 2 aromatic rings. The van der Waals surface area contributed by atoms with Crippen LogP contribution in [0.25, 0.3) is 0 Å². The third kappa shape index (κ3) is 2.66. The van der Waals surface area contributed by atoms with Crippen LogP contribution in [-0.4, -0.2) is 24.5 Å². The first-order valence-electron chi connectivity index (χ1n) is 10.2. The predicted molar refractivity (Wildman–Crippen MR) is 118 cm³/mol. The Balaban J connectivity index is 1.66. The van der Waals surface area contributed by atoms with Crippen molar-refractivity contribution in [3.05, 3.63) is 54.6 Å². The monoisotopic (exact) mass is 405 g/mol. The minimum absolute atomic E-state index is 0.185. The molecule has 0 aliphatic heterocycles. The highest BCUT2D eigenvalue weighted by Crippen LogP contribution is 2.69. The summed E-state index contributed by atoms with van der Waals surface area (Å²) in [5, 5.41) is 7.46. The molecular formula is C24H27N3O3. The van der Waals surface area contributed by atoms with Crippen LogP contribution in [0.2, 0.25) is 0 Å². The third-order valence-electron chi connectivity index (χ3n) is 7.38. The van der Waals surface area contributed by atoms with E-state index in [0.717, 1.165) is 12.1 Å². The highest BCUT2D eigenvalue weighted by atomic mass is 16.5. The molecule has 2 saturated carbocycles. The lowest BCUT2D eigenvalue weighted by molar-refractivity contribution is -0.139. The number of amides is 1. The average molecular weight is 405 g/mol. The molecule has 2 atom stereocenters. The van der Waals surface area contributed by atoms with Crippen LogP contribution >= 0.6 is 0 Å². The maximum atomic E-state index is 13.6. The first-order valence-corrected chi connectivity index (χ1v) is 10.2. The zero-order valence-electron chi connectivity index (χ0n) is 17.8. The van der Waals surface area contributed by atoms with Gasteiger partial charge in [0, 0.05) is 11.1 Å². The number of nitrogens with one attached hydrogen (secondary N) is 2. The number of hydrazone groups is 1. The Bertz CT molecular complexity index is 1010. The summed E-state index contributed by atoms with van der Waals surface area (Å²) in [6.45, 7) is 6.07. The van der Waals surface area contributed by atoms with Crippen LogP contribution in [0.3, 0.4) is 0 Å². The number of rotatable bonds is 5. The maximum Gasteiger partial charge on any atom is 0.239 e. The Kier molecular flexibility index (Phi) is 4.68. The lowest BCUT2D eigenvalue weighted by Gasteiger charge is -2.37. The predicted octanol–water partition coefficient (Wildman–Crippen LogP) is 4.50. The number of carbonyl (C=O) groups is 2. The summed E-state index contributed by atoms with van der Waals surface area (Å²) in [5.74, 6) is 0.255. The van der Waals surface area contributed by atoms with Crippen LogP contribution in [0.5, 0.6) is 5.75 Å². The van der Waals surface area contributed by atoms with Crippen molar-refractivity contribution in [1.29, 1.82) is 0 Å². The molecule has 0 aromatic heterocycles. The van der Waals surface area contributed by atoms with E-state index in [2.05, 4.69) is 15.8 Å². The molecule has 30 heavy (non-hydrogen) atoms. The van der Waals surface area contributed by atoms with Gasteiger partial charge in [0.25, 0.3) is 0 Å². The number of fused-ring (bicyclic) bond motifs is 2. The molecule has 2 aliphatic rings. The number of benzene rings is 2. The van der Waals surface area contributed by atoms with E-state index in [1.54, 1.807) is 31.4 Å². The van der Waals surface area contributed by atoms with E-state index in [-0.39, 0.29) is 11.7 Å². The van der Waals surface area contributed by atoms with Crippen molar-refractivity contribution in [2.45, 2.75) is 33.6 Å². The second-order valence-corrected chi connectivity index (χ2v) is 8.81. The molecule has 2 N–H and O–H groups in total. The standard InChI is InChI=1S/C24H27N3O3/c1-22(2)23(3)14-15-24(22,21(29)25-16-10-12-18(30-4)13-11-16)20(28)19(23)27-26-17-8-6-5-7-9-17/h5-13,26H,14-15H2,1-4H3,(H,25,29)/b27-19+. The van der Waals surface area contributed by atoms with Gasteiger partial charge in [-0.05, 0) is 54.7 Å². The number of methoxy groups -OCH3 is 1. The fraction of sp³-hybridized carbons (Fsp3) is 0.375. The van der Waals surface area contributed by atoms with Crippen LogP contribution in [-0.2, 0) is 9.59 Å². The van der Waals surface area contributed by atoms with E-state index in [1.165, 1.54) is 0 Å². The number of para-hydroxylation sites is 1. The van der Waals surface area contributed by atoms with Crippen molar-refractivity contribution in [3.63, 3.8) is 0 Å². The summed E-state index contributed by atoms with van der Waals surface area (Å²) >= 11 is 0. The summed E-state index contributed by atoms with van der Waals surface area (Å²) in [6.07, 6.45) is 1.25. The fourth-order valence-electron chi connectivity index (χ4n) is 5.02. The zero-order valence-corrected chi connectivity index (χ0v) is 17.8. The molecule has 0 heterocycles. The van der Waals surface area contributed by atoms with Crippen molar-refractivity contribution in [1.82, 2.24) is 0 Å². The Morgan fingerprint density at radius 1 is 0.967 bits per heavy atom. The molecular weight excluding hydrogens is 378 g/mol. The quantitative estimate of drug-likeness (QED) is 0.567. The van der Waals surface area contributed by atoms with Crippen LogP contribution < -0.4 is 15.5 Å². The molecule has 2 fully saturated rings. The smallest absolute Gasteiger partial charge is 0.239 e. The Morgan fingerprint density at radius 3 is 2.27 bits per heavy atom. The largest absolute Gasteiger partial charge is 0.497 e. The third-order valence-corrected chi connectivity index (χ3v) is 7.38. The second kappa shape index (κ2) is 6.97.